The summed E-state index contributed by atoms with van der Waals surface area (Å²) in [5, 5.41) is 8.69. The molecule has 0 aliphatic carbocycles. The minimum Gasteiger partial charge on any atom is -0.494 e. The van der Waals surface area contributed by atoms with Crippen molar-refractivity contribution in [2.24, 2.45) is 0 Å². The number of benzene rings is 1. The molecule has 0 fully saturated rings. The Kier molecular flexibility index (Phi) is 4.20. The molecule has 1 heterocycles. The first-order chi connectivity index (χ1) is 9.60. The minimum atomic E-state index is -1.02. The summed E-state index contributed by atoms with van der Waals surface area (Å²) in [6, 6.07) is 10.6. The van der Waals surface area contributed by atoms with Crippen LogP contribution < -0.4 is 10.3 Å². The summed E-state index contributed by atoms with van der Waals surface area (Å²) < 4.78 is 5.35. The highest BCUT2D eigenvalue weighted by molar-refractivity contribution is 5.70. The summed E-state index contributed by atoms with van der Waals surface area (Å²) in [5.41, 5.74) is 1.35. The van der Waals surface area contributed by atoms with Gasteiger partial charge in [-0.05, 0) is 42.8 Å². The van der Waals surface area contributed by atoms with E-state index in [9.17, 15) is 9.59 Å². The van der Waals surface area contributed by atoms with Crippen molar-refractivity contribution < 1.29 is 14.6 Å². The van der Waals surface area contributed by atoms with Crippen molar-refractivity contribution in [2.75, 3.05) is 6.61 Å². The number of hydrogen-bond acceptors (Lipinski definition) is 3. The zero-order valence-electron chi connectivity index (χ0n) is 11.1. The highest BCUT2D eigenvalue weighted by Gasteiger charge is 2.07. The number of carbonyl (C=O) groups is 1. The standard InChI is InChI=1S/C15H15NO4/c1-2-20-12-6-3-10(4-7-12)13-8-5-11(9-14(17)18)15(19)16-13/h3-8H,2,9H2,1H3,(H,16,19)(H,17,18). The first-order valence-electron chi connectivity index (χ1n) is 6.27. The van der Waals surface area contributed by atoms with Gasteiger partial charge in [0, 0.05) is 11.3 Å². The van der Waals surface area contributed by atoms with Gasteiger partial charge in [-0.3, -0.25) is 9.59 Å². The van der Waals surface area contributed by atoms with E-state index in [1.165, 1.54) is 0 Å². The lowest BCUT2D eigenvalue weighted by Crippen LogP contribution is -2.16. The van der Waals surface area contributed by atoms with Gasteiger partial charge in [0.2, 0.25) is 0 Å². The molecule has 0 saturated heterocycles. The van der Waals surface area contributed by atoms with Crippen LogP contribution in [-0.4, -0.2) is 22.7 Å². The molecule has 2 N–H and O–H groups in total. The molecule has 2 aromatic rings. The first-order valence-corrected chi connectivity index (χ1v) is 6.27. The summed E-state index contributed by atoms with van der Waals surface area (Å²) >= 11 is 0. The van der Waals surface area contributed by atoms with Crippen molar-refractivity contribution in [1.29, 1.82) is 0 Å². The second kappa shape index (κ2) is 6.06. The third-order valence-corrected chi connectivity index (χ3v) is 2.81. The van der Waals surface area contributed by atoms with Gasteiger partial charge in [0.25, 0.3) is 5.56 Å². The van der Waals surface area contributed by atoms with Crippen molar-refractivity contribution >= 4 is 5.97 Å². The fraction of sp³-hybridized carbons (Fsp3) is 0.200. The molecule has 2 rings (SSSR count). The molecule has 0 aliphatic heterocycles. The van der Waals surface area contributed by atoms with E-state index < -0.39 is 5.97 Å². The quantitative estimate of drug-likeness (QED) is 0.874. The van der Waals surface area contributed by atoms with E-state index in [0.29, 0.717) is 12.3 Å². The Morgan fingerprint density at radius 3 is 2.45 bits per heavy atom. The van der Waals surface area contributed by atoms with E-state index in [0.717, 1.165) is 11.3 Å². The normalized spacial score (nSPS) is 10.2. The Bertz CT molecular complexity index is 658. The van der Waals surface area contributed by atoms with Gasteiger partial charge in [-0.1, -0.05) is 6.07 Å². The Balaban J connectivity index is 2.27. The fourth-order valence-corrected chi connectivity index (χ4v) is 1.87. The van der Waals surface area contributed by atoms with Crippen LogP contribution in [-0.2, 0) is 11.2 Å². The smallest absolute Gasteiger partial charge is 0.308 e. The SMILES string of the molecule is CCOc1ccc(-c2ccc(CC(=O)O)c(=O)[nH]2)cc1. The van der Waals surface area contributed by atoms with Crippen LogP contribution in [0.2, 0.25) is 0 Å². The van der Waals surface area contributed by atoms with Crippen LogP contribution in [0.3, 0.4) is 0 Å². The molecule has 1 aromatic carbocycles. The number of carboxylic acids is 1. The second-order valence-corrected chi connectivity index (χ2v) is 4.25. The number of pyridine rings is 1. The molecule has 0 bridgehead atoms. The van der Waals surface area contributed by atoms with Gasteiger partial charge < -0.3 is 14.8 Å². The van der Waals surface area contributed by atoms with Crippen molar-refractivity contribution in [3.63, 3.8) is 0 Å². The maximum Gasteiger partial charge on any atom is 0.308 e. The van der Waals surface area contributed by atoms with E-state index in [-0.39, 0.29) is 17.5 Å². The lowest BCUT2D eigenvalue weighted by Gasteiger charge is -2.06. The Hall–Kier alpha value is -2.56. The summed E-state index contributed by atoms with van der Waals surface area (Å²) in [6.07, 6.45) is -0.279. The van der Waals surface area contributed by atoms with Crippen LogP contribution in [0.4, 0.5) is 0 Å². The molecule has 0 saturated carbocycles. The van der Waals surface area contributed by atoms with E-state index >= 15 is 0 Å². The maximum atomic E-state index is 11.8. The largest absolute Gasteiger partial charge is 0.494 e. The number of rotatable bonds is 5. The molecular formula is C15H15NO4. The number of aromatic nitrogens is 1. The summed E-state index contributed by atoms with van der Waals surface area (Å²) in [6.45, 7) is 2.51. The molecule has 5 nitrogen and oxygen atoms in total. The van der Waals surface area contributed by atoms with Crippen molar-refractivity contribution in [3.05, 3.63) is 52.3 Å². The summed E-state index contributed by atoms with van der Waals surface area (Å²) in [7, 11) is 0. The average molecular weight is 273 g/mol. The number of hydrogen-bond donors (Lipinski definition) is 2. The Labute approximate surface area is 115 Å². The average Bonchev–Trinajstić information content (AvgIpc) is 2.42. The molecule has 5 heteroatoms. The van der Waals surface area contributed by atoms with Crippen molar-refractivity contribution in [2.45, 2.75) is 13.3 Å². The molecule has 0 radical (unpaired) electrons. The molecule has 0 unspecified atom stereocenters. The number of H-pyrrole nitrogens is 1. The fourth-order valence-electron chi connectivity index (χ4n) is 1.87. The van der Waals surface area contributed by atoms with E-state index in [2.05, 4.69) is 4.98 Å². The van der Waals surface area contributed by atoms with Gasteiger partial charge in [-0.15, -0.1) is 0 Å². The molecule has 0 atom stereocenters. The second-order valence-electron chi connectivity index (χ2n) is 4.25. The third-order valence-electron chi connectivity index (χ3n) is 2.81. The molecule has 1 aromatic heterocycles. The molecule has 0 amide bonds. The van der Waals surface area contributed by atoms with Crippen LogP contribution in [0, 0.1) is 0 Å². The van der Waals surface area contributed by atoms with Crippen LogP contribution >= 0.6 is 0 Å². The van der Waals surface area contributed by atoms with Gasteiger partial charge in [0.05, 0.1) is 13.0 Å². The molecular weight excluding hydrogens is 258 g/mol. The number of carboxylic acid groups (broad SMARTS) is 1. The highest BCUT2D eigenvalue weighted by atomic mass is 16.5. The molecule has 20 heavy (non-hydrogen) atoms. The van der Waals surface area contributed by atoms with Crippen LogP contribution in [0.5, 0.6) is 5.75 Å². The number of nitrogens with one attached hydrogen (secondary N) is 1. The zero-order chi connectivity index (χ0) is 14.5. The molecule has 0 spiro atoms. The Morgan fingerprint density at radius 1 is 1.20 bits per heavy atom. The van der Waals surface area contributed by atoms with Gasteiger partial charge >= 0.3 is 5.97 Å². The van der Waals surface area contributed by atoms with E-state index in [1.807, 2.05) is 31.2 Å². The summed E-state index contributed by atoms with van der Waals surface area (Å²) in [5.74, 6) is -0.259. The van der Waals surface area contributed by atoms with E-state index in [1.54, 1.807) is 12.1 Å². The van der Waals surface area contributed by atoms with Crippen LogP contribution in [0.25, 0.3) is 11.3 Å². The van der Waals surface area contributed by atoms with Crippen LogP contribution in [0.1, 0.15) is 12.5 Å². The highest BCUT2D eigenvalue weighted by Crippen LogP contribution is 2.20. The van der Waals surface area contributed by atoms with Crippen molar-refractivity contribution in [3.8, 4) is 17.0 Å². The zero-order valence-corrected chi connectivity index (χ0v) is 11.1. The summed E-state index contributed by atoms with van der Waals surface area (Å²) in [4.78, 5) is 25.1. The maximum absolute atomic E-state index is 11.8. The molecule has 0 aliphatic rings. The first kappa shape index (κ1) is 13.9. The van der Waals surface area contributed by atoms with Gasteiger partial charge in [-0.25, -0.2) is 0 Å². The van der Waals surface area contributed by atoms with Gasteiger partial charge in [0.15, 0.2) is 0 Å². The number of aliphatic carboxylic acids is 1. The minimum absolute atomic E-state index is 0.243. The lowest BCUT2D eigenvalue weighted by atomic mass is 10.1. The topological polar surface area (TPSA) is 79.4 Å². The van der Waals surface area contributed by atoms with Gasteiger partial charge in [0.1, 0.15) is 5.75 Å². The predicted molar refractivity (Wildman–Crippen MR) is 75.0 cm³/mol. The van der Waals surface area contributed by atoms with E-state index in [4.69, 9.17) is 9.84 Å². The van der Waals surface area contributed by atoms with Gasteiger partial charge in [-0.2, -0.15) is 0 Å². The van der Waals surface area contributed by atoms with Crippen LogP contribution in [0.15, 0.2) is 41.2 Å². The number of ether oxygens (including phenoxy) is 1. The lowest BCUT2D eigenvalue weighted by molar-refractivity contribution is -0.136. The number of aromatic amines is 1. The Morgan fingerprint density at radius 2 is 1.90 bits per heavy atom. The molecule has 104 valence electrons. The van der Waals surface area contributed by atoms with Crippen molar-refractivity contribution in [1.82, 2.24) is 4.98 Å². The third kappa shape index (κ3) is 3.26. The predicted octanol–water partition coefficient (Wildman–Crippen LogP) is 2.07. The monoisotopic (exact) mass is 273 g/mol.